The van der Waals surface area contributed by atoms with Crippen molar-refractivity contribution in [2.24, 2.45) is 11.8 Å². The lowest BCUT2D eigenvalue weighted by Gasteiger charge is -2.51. The van der Waals surface area contributed by atoms with E-state index in [0.29, 0.717) is 6.04 Å². The maximum atomic E-state index is 11.9. The number of hydrogen-bond donors (Lipinski definition) is 2. The van der Waals surface area contributed by atoms with Gasteiger partial charge in [0.25, 0.3) is 0 Å². The monoisotopic (exact) mass is 400 g/mol. The molecule has 7 heteroatoms. The van der Waals surface area contributed by atoms with Gasteiger partial charge in [0, 0.05) is 64.1 Å². The maximum Gasteiger partial charge on any atom is 0.315 e. The molecule has 0 saturated carbocycles. The van der Waals surface area contributed by atoms with E-state index in [1.54, 1.807) is 0 Å². The van der Waals surface area contributed by atoms with E-state index in [4.69, 9.17) is 0 Å². The van der Waals surface area contributed by atoms with E-state index in [1.165, 1.54) is 32.5 Å². The van der Waals surface area contributed by atoms with Crippen LogP contribution in [0.25, 0.3) is 0 Å². The van der Waals surface area contributed by atoms with Gasteiger partial charge in [0.2, 0.25) is 0 Å². The average molecular weight is 401 g/mol. The Morgan fingerprint density at radius 2 is 2.03 bits per heavy atom. The van der Waals surface area contributed by atoms with E-state index in [2.05, 4.69) is 42.5 Å². The summed E-state index contributed by atoms with van der Waals surface area (Å²) in [6.45, 7) is 12.7. The molecule has 2 amide bonds. The van der Waals surface area contributed by atoms with Gasteiger partial charge in [-0.3, -0.25) is 9.80 Å². The first-order valence-electron chi connectivity index (χ1n) is 11.2. The summed E-state index contributed by atoms with van der Waals surface area (Å²) in [5.41, 5.74) is 0. The molecule has 2 bridgehead atoms. The Bertz CT molecular complexity index is 661. The Labute approximate surface area is 174 Å². The molecule has 0 aromatic carbocycles. The average Bonchev–Trinajstić information content (AvgIpc) is 2.74. The molecule has 29 heavy (non-hydrogen) atoms. The number of pyridine rings is 1. The Kier molecular flexibility index (Phi) is 6.55. The molecule has 2 N–H and O–H groups in total. The third-order valence-electron chi connectivity index (χ3n) is 6.77. The van der Waals surface area contributed by atoms with Crippen molar-refractivity contribution in [2.75, 3.05) is 57.3 Å². The lowest BCUT2D eigenvalue weighted by Crippen LogP contribution is -2.60. The predicted octanol–water partition coefficient (Wildman–Crippen LogP) is 1.62. The summed E-state index contributed by atoms with van der Waals surface area (Å²) in [5, 5.41) is 5.99. The van der Waals surface area contributed by atoms with Crippen LogP contribution in [-0.4, -0.2) is 85.3 Å². The number of piperazine rings is 1. The van der Waals surface area contributed by atoms with Crippen LogP contribution >= 0.6 is 0 Å². The highest BCUT2D eigenvalue weighted by Gasteiger charge is 2.40. The van der Waals surface area contributed by atoms with Crippen molar-refractivity contribution in [2.45, 2.75) is 38.8 Å². The molecule has 7 nitrogen and oxygen atoms in total. The molecule has 4 atom stereocenters. The predicted molar refractivity (Wildman–Crippen MR) is 116 cm³/mol. The highest BCUT2D eigenvalue weighted by Crippen LogP contribution is 2.36. The van der Waals surface area contributed by atoms with Crippen LogP contribution in [0.2, 0.25) is 0 Å². The SMILES string of the molecule is CC(C)NC(=O)NCC1CC2CCN1CC2CN1CCN(c2ccccn2)CC1. The summed E-state index contributed by atoms with van der Waals surface area (Å²) in [5.74, 6) is 2.67. The van der Waals surface area contributed by atoms with Crippen LogP contribution < -0.4 is 15.5 Å². The third-order valence-corrected chi connectivity index (χ3v) is 6.77. The smallest absolute Gasteiger partial charge is 0.315 e. The summed E-state index contributed by atoms with van der Waals surface area (Å²) in [6.07, 6.45) is 4.42. The first kappa shape index (κ1) is 20.4. The third kappa shape index (κ3) is 5.20. The van der Waals surface area contributed by atoms with Gasteiger partial charge in [-0.25, -0.2) is 9.78 Å². The lowest BCUT2D eigenvalue weighted by molar-refractivity contribution is -0.0115. The number of piperidine rings is 3. The van der Waals surface area contributed by atoms with E-state index in [-0.39, 0.29) is 12.1 Å². The second kappa shape index (κ2) is 9.30. The molecule has 4 aliphatic rings. The van der Waals surface area contributed by atoms with E-state index in [9.17, 15) is 4.79 Å². The summed E-state index contributed by atoms with van der Waals surface area (Å²) in [4.78, 5) is 24.1. The topological polar surface area (TPSA) is 63.7 Å². The number of anilines is 1. The molecule has 5 rings (SSSR count). The summed E-state index contributed by atoms with van der Waals surface area (Å²) in [6, 6.07) is 6.81. The molecule has 160 valence electrons. The second-order valence-electron chi connectivity index (χ2n) is 9.18. The fourth-order valence-corrected chi connectivity index (χ4v) is 5.22. The van der Waals surface area contributed by atoms with Crippen molar-refractivity contribution in [1.29, 1.82) is 0 Å². The van der Waals surface area contributed by atoms with Crippen LogP contribution in [0.1, 0.15) is 26.7 Å². The van der Waals surface area contributed by atoms with Crippen LogP contribution in [0.4, 0.5) is 10.6 Å². The van der Waals surface area contributed by atoms with E-state index >= 15 is 0 Å². The number of rotatable bonds is 6. The van der Waals surface area contributed by atoms with Crippen molar-refractivity contribution in [3.05, 3.63) is 24.4 Å². The minimum absolute atomic E-state index is 0.0371. The van der Waals surface area contributed by atoms with E-state index in [1.807, 2.05) is 26.1 Å². The molecule has 5 heterocycles. The quantitative estimate of drug-likeness (QED) is 0.760. The second-order valence-corrected chi connectivity index (χ2v) is 9.18. The zero-order chi connectivity index (χ0) is 20.2. The molecular weight excluding hydrogens is 364 g/mol. The van der Waals surface area contributed by atoms with Gasteiger partial charge in [-0.05, 0) is 57.2 Å². The largest absolute Gasteiger partial charge is 0.354 e. The van der Waals surface area contributed by atoms with E-state index in [0.717, 1.165) is 50.4 Å². The number of nitrogens with zero attached hydrogens (tertiary/aromatic N) is 4. The number of nitrogens with one attached hydrogen (secondary N) is 2. The Morgan fingerprint density at radius 3 is 2.69 bits per heavy atom. The fraction of sp³-hybridized carbons (Fsp3) is 0.727. The first-order valence-corrected chi connectivity index (χ1v) is 11.2. The van der Waals surface area contributed by atoms with Gasteiger partial charge in [-0.1, -0.05) is 6.07 Å². The number of urea groups is 1. The van der Waals surface area contributed by atoms with Crippen LogP contribution in [0.5, 0.6) is 0 Å². The van der Waals surface area contributed by atoms with Crippen molar-refractivity contribution in [1.82, 2.24) is 25.4 Å². The Morgan fingerprint density at radius 1 is 1.21 bits per heavy atom. The number of carbonyl (C=O) groups excluding carboxylic acids is 1. The Hall–Kier alpha value is -1.86. The zero-order valence-corrected chi connectivity index (χ0v) is 17.9. The van der Waals surface area contributed by atoms with Crippen LogP contribution in [-0.2, 0) is 0 Å². The first-order chi connectivity index (χ1) is 14.1. The van der Waals surface area contributed by atoms with Gasteiger partial charge in [0.05, 0.1) is 0 Å². The van der Waals surface area contributed by atoms with Gasteiger partial charge < -0.3 is 15.5 Å². The minimum Gasteiger partial charge on any atom is -0.354 e. The molecule has 1 aromatic rings. The van der Waals surface area contributed by atoms with Gasteiger partial charge in [0.1, 0.15) is 5.82 Å². The van der Waals surface area contributed by atoms with Gasteiger partial charge in [-0.15, -0.1) is 0 Å². The summed E-state index contributed by atoms with van der Waals surface area (Å²) >= 11 is 0. The van der Waals surface area contributed by atoms with Gasteiger partial charge in [0.15, 0.2) is 0 Å². The summed E-state index contributed by atoms with van der Waals surface area (Å²) in [7, 11) is 0. The number of hydrogen-bond acceptors (Lipinski definition) is 5. The van der Waals surface area contributed by atoms with Crippen LogP contribution in [0, 0.1) is 11.8 Å². The molecular formula is C22H36N6O. The molecule has 1 aromatic heterocycles. The standard InChI is InChI=1S/C22H36N6O/c1-17(2)25-22(29)24-14-20-13-18-6-8-28(20)16-19(18)15-26-9-11-27(12-10-26)21-5-3-4-7-23-21/h3-5,7,17-20H,6,8-16H2,1-2H3,(H2,24,25,29). The normalized spacial score (nSPS) is 29.8. The summed E-state index contributed by atoms with van der Waals surface area (Å²) < 4.78 is 0. The minimum atomic E-state index is -0.0371. The van der Waals surface area contributed by atoms with Crippen molar-refractivity contribution in [3.8, 4) is 0 Å². The molecule has 0 aliphatic carbocycles. The molecule has 0 spiro atoms. The molecule has 4 saturated heterocycles. The highest BCUT2D eigenvalue weighted by atomic mass is 16.2. The number of fused-ring (bicyclic) bond motifs is 3. The van der Waals surface area contributed by atoms with Crippen molar-refractivity contribution >= 4 is 11.8 Å². The van der Waals surface area contributed by atoms with Crippen LogP contribution in [0.15, 0.2) is 24.4 Å². The van der Waals surface area contributed by atoms with Gasteiger partial charge in [-0.2, -0.15) is 0 Å². The van der Waals surface area contributed by atoms with Crippen LogP contribution in [0.3, 0.4) is 0 Å². The van der Waals surface area contributed by atoms with Crippen molar-refractivity contribution < 1.29 is 4.79 Å². The molecule has 4 unspecified atom stereocenters. The zero-order valence-electron chi connectivity index (χ0n) is 17.9. The van der Waals surface area contributed by atoms with E-state index < -0.39 is 0 Å². The fourth-order valence-electron chi connectivity index (χ4n) is 5.22. The lowest BCUT2D eigenvalue weighted by atomic mass is 9.75. The molecule has 4 fully saturated rings. The number of amides is 2. The maximum absolute atomic E-state index is 11.9. The number of carbonyl (C=O) groups is 1. The van der Waals surface area contributed by atoms with Crippen molar-refractivity contribution in [3.63, 3.8) is 0 Å². The molecule has 4 aliphatic heterocycles. The van der Waals surface area contributed by atoms with Gasteiger partial charge >= 0.3 is 6.03 Å². The highest BCUT2D eigenvalue weighted by molar-refractivity contribution is 5.74. The number of aromatic nitrogens is 1. The molecule has 0 radical (unpaired) electrons. The Balaban J connectivity index is 1.22.